The van der Waals surface area contributed by atoms with E-state index >= 15 is 0 Å². The summed E-state index contributed by atoms with van der Waals surface area (Å²) in [7, 11) is 0. The molecule has 0 aliphatic heterocycles. The molecule has 1 N–H and O–H groups in total. The summed E-state index contributed by atoms with van der Waals surface area (Å²) in [5.74, 6) is -17.7. The van der Waals surface area contributed by atoms with E-state index in [1.165, 1.54) is 0 Å². The van der Waals surface area contributed by atoms with Gasteiger partial charge in [0.05, 0.1) is 0 Å². The van der Waals surface area contributed by atoms with Crippen molar-refractivity contribution in [2.75, 3.05) is 0 Å². The summed E-state index contributed by atoms with van der Waals surface area (Å²) >= 11 is 0. The Balaban J connectivity index is 3.43. The van der Waals surface area contributed by atoms with Crippen LogP contribution in [0.1, 0.15) is 6.92 Å². The van der Waals surface area contributed by atoms with Crippen LogP contribution in [0.4, 0.5) is 22.0 Å². The second-order valence-electron chi connectivity index (χ2n) is 3.46. The van der Waals surface area contributed by atoms with Crippen LogP contribution in [0.15, 0.2) is 23.3 Å². The normalized spacial score (nSPS) is 26.0. The number of hydrogen-bond acceptors (Lipinski definition) is 3. The van der Waals surface area contributed by atoms with Crippen molar-refractivity contribution >= 4 is 11.9 Å². The maximum atomic E-state index is 14.2. The first-order valence-corrected chi connectivity index (χ1v) is 4.85. The van der Waals surface area contributed by atoms with E-state index in [4.69, 9.17) is 5.11 Å². The molecule has 0 heterocycles. The van der Waals surface area contributed by atoms with Crippen LogP contribution in [0.2, 0.25) is 0 Å². The number of alkyl halides is 1. The van der Waals surface area contributed by atoms with Gasteiger partial charge in [0.2, 0.25) is 5.83 Å². The molecule has 0 radical (unpaired) electrons. The van der Waals surface area contributed by atoms with Crippen molar-refractivity contribution in [2.24, 2.45) is 5.92 Å². The summed E-state index contributed by atoms with van der Waals surface area (Å²) in [6.45, 7) is 1.04. The third-order valence-electron chi connectivity index (χ3n) is 2.22. The van der Waals surface area contributed by atoms with Gasteiger partial charge in [0, 0.05) is 0 Å². The molecule has 20 heavy (non-hydrogen) atoms. The fourth-order valence-electron chi connectivity index (χ4n) is 1.35. The number of rotatable bonds is 1. The fourth-order valence-corrected chi connectivity index (χ4v) is 1.35. The first kappa shape index (κ1) is 15.7. The molecule has 4 nitrogen and oxygen atoms in total. The molecule has 0 bridgehead atoms. The predicted octanol–water partition coefficient (Wildman–Crippen LogP) is 2.23. The molecule has 1 aliphatic carbocycles. The van der Waals surface area contributed by atoms with Gasteiger partial charge >= 0.3 is 17.8 Å². The van der Waals surface area contributed by atoms with Gasteiger partial charge in [-0.15, -0.1) is 5.92 Å². The van der Waals surface area contributed by atoms with Crippen molar-refractivity contribution in [2.45, 2.75) is 12.8 Å². The minimum absolute atomic E-state index is 1.04. The van der Waals surface area contributed by atoms with Crippen LogP contribution in [-0.2, 0) is 14.3 Å². The number of allylic oxidation sites excluding steroid dienone is 2. The number of carboxylic acids is 1. The average molecular weight is 296 g/mol. The smallest absolute Gasteiger partial charge is 0.420 e. The predicted molar refractivity (Wildman–Crippen MR) is 53.0 cm³/mol. The third kappa shape index (κ3) is 2.36. The third-order valence-corrected chi connectivity index (χ3v) is 2.22. The Hall–Kier alpha value is -2.37. The number of carbonyl (C=O) groups is 2. The minimum atomic E-state index is -4.21. The lowest BCUT2D eigenvalue weighted by atomic mass is 9.92. The standard InChI is InChI=1S/C11H5F5O4/c1-2-3-4-5(12)6(13)7(14)8(15)11(4,16)20-10(19)9(17)18/h4H,1H3,(H,17,18). The lowest BCUT2D eigenvalue weighted by molar-refractivity contribution is -0.193. The van der Waals surface area contributed by atoms with Crippen LogP contribution in [0.3, 0.4) is 0 Å². The molecule has 2 atom stereocenters. The number of carboxylic acid groups (broad SMARTS) is 1. The van der Waals surface area contributed by atoms with Crippen molar-refractivity contribution in [3.63, 3.8) is 0 Å². The molecule has 108 valence electrons. The Bertz CT molecular complexity index is 598. The van der Waals surface area contributed by atoms with Gasteiger partial charge in [-0.2, -0.15) is 4.39 Å². The first-order valence-electron chi connectivity index (χ1n) is 4.85. The first-order chi connectivity index (χ1) is 9.16. The van der Waals surface area contributed by atoms with Crippen LogP contribution in [0, 0.1) is 17.8 Å². The highest BCUT2D eigenvalue weighted by molar-refractivity contribution is 6.28. The molecule has 1 aliphatic rings. The number of ether oxygens (including phenoxy) is 1. The van der Waals surface area contributed by atoms with E-state index in [9.17, 15) is 31.5 Å². The van der Waals surface area contributed by atoms with E-state index < -0.39 is 47.0 Å². The van der Waals surface area contributed by atoms with E-state index in [-0.39, 0.29) is 0 Å². The maximum absolute atomic E-state index is 14.2. The van der Waals surface area contributed by atoms with E-state index in [1.54, 1.807) is 5.92 Å². The van der Waals surface area contributed by atoms with Crippen molar-refractivity contribution in [1.82, 2.24) is 0 Å². The van der Waals surface area contributed by atoms with Gasteiger partial charge in [0.15, 0.2) is 23.4 Å². The maximum Gasteiger partial charge on any atom is 0.420 e. The highest BCUT2D eigenvalue weighted by atomic mass is 19.2. The Morgan fingerprint density at radius 3 is 2.25 bits per heavy atom. The Morgan fingerprint density at radius 1 is 1.25 bits per heavy atom. The summed E-state index contributed by atoms with van der Waals surface area (Å²) < 4.78 is 70.5. The quantitative estimate of drug-likeness (QED) is 0.349. The molecule has 0 fully saturated rings. The van der Waals surface area contributed by atoms with Crippen LogP contribution in [0.5, 0.6) is 0 Å². The molecule has 0 aromatic carbocycles. The number of aliphatic carboxylic acids is 1. The van der Waals surface area contributed by atoms with Gasteiger partial charge in [-0.05, 0) is 6.92 Å². The van der Waals surface area contributed by atoms with Crippen LogP contribution in [0.25, 0.3) is 0 Å². The van der Waals surface area contributed by atoms with Gasteiger partial charge in [-0.1, -0.05) is 5.92 Å². The number of carbonyl (C=O) groups excluding carboxylic acids is 1. The summed E-state index contributed by atoms with van der Waals surface area (Å²) in [6.07, 6.45) is 0. The van der Waals surface area contributed by atoms with E-state index in [1.807, 2.05) is 5.92 Å². The van der Waals surface area contributed by atoms with E-state index in [0.717, 1.165) is 6.92 Å². The minimum Gasteiger partial charge on any atom is -0.473 e. The Kier molecular flexibility index (Phi) is 4.17. The number of esters is 1. The van der Waals surface area contributed by atoms with Crippen LogP contribution >= 0.6 is 0 Å². The lowest BCUT2D eigenvalue weighted by Crippen LogP contribution is -2.43. The zero-order valence-corrected chi connectivity index (χ0v) is 9.64. The molecule has 0 spiro atoms. The molecular formula is C11H5F5O4. The highest BCUT2D eigenvalue weighted by Crippen LogP contribution is 2.47. The summed E-state index contributed by atoms with van der Waals surface area (Å²) in [5.41, 5.74) is 0. The largest absolute Gasteiger partial charge is 0.473 e. The van der Waals surface area contributed by atoms with Gasteiger partial charge < -0.3 is 9.84 Å². The van der Waals surface area contributed by atoms with Crippen LogP contribution < -0.4 is 0 Å². The second-order valence-corrected chi connectivity index (χ2v) is 3.46. The van der Waals surface area contributed by atoms with Gasteiger partial charge in [-0.3, -0.25) is 0 Å². The summed E-state index contributed by atoms with van der Waals surface area (Å²) in [4.78, 5) is 21.0. The Morgan fingerprint density at radius 2 is 1.80 bits per heavy atom. The topological polar surface area (TPSA) is 63.6 Å². The molecule has 0 saturated heterocycles. The Labute approximate surface area is 108 Å². The molecule has 0 saturated carbocycles. The van der Waals surface area contributed by atoms with E-state index in [2.05, 4.69) is 4.74 Å². The molecule has 0 aromatic rings. The van der Waals surface area contributed by atoms with Crippen molar-refractivity contribution < 1.29 is 41.4 Å². The SMILES string of the molecule is CC#CC1C(F)=C(F)C(F)=C(F)C1(F)OC(=O)C(=O)O. The van der Waals surface area contributed by atoms with Crippen molar-refractivity contribution in [1.29, 1.82) is 0 Å². The molecule has 0 aromatic heterocycles. The lowest BCUT2D eigenvalue weighted by Gasteiger charge is -2.30. The van der Waals surface area contributed by atoms with E-state index in [0.29, 0.717) is 0 Å². The summed E-state index contributed by atoms with van der Waals surface area (Å²) in [5, 5.41) is 8.22. The summed E-state index contributed by atoms with van der Waals surface area (Å²) in [6, 6.07) is 0. The van der Waals surface area contributed by atoms with Crippen LogP contribution in [-0.4, -0.2) is 22.9 Å². The number of hydrogen-bond donors (Lipinski definition) is 1. The monoisotopic (exact) mass is 296 g/mol. The molecular weight excluding hydrogens is 291 g/mol. The van der Waals surface area contributed by atoms with Crippen molar-refractivity contribution in [3.05, 3.63) is 23.3 Å². The van der Waals surface area contributed by atoms with Gasteiger partial charge in [0.1, 0.15) is 0 Å². The zero-order chi connectivity index (χ0) is 15.7. The number of halogens is 5. The molecule has 9 heteroatoms. The molecule has 2 unspecified atom stereocenters. The molecule has 1 rings (SSSR count). The van der Waals surface area contributed by atoms with Crippen molar-refractivity contribution in [3.8, 4) is 11.8 Å². The van der Waals surface area contributed by atoms with Gasteiger partial charge in [0.25, 0.3) is 0 Å². The molecule has 0 amide bonds. The second kappa shape index (κ2) is 5.32. The van der Waals surface area contributed by atoms with Gasteiger partial charge in [-0.25, -0.2) is 27.2 Å². The average Bonchev–Trinajstić information content (AvgIpc) is 2.39. The highest BCUT2D eigenvalue weighted by Gasteiger charge is 2.56. The fraction of sp³-hybridized carbons (Fsp3) is 0.273. The zero-order valence-electron chi connectivity index (χ0n) is 9.64.